The van der Waals surface area contributed by atoms with E-state index in [0.717, 1.165) is 6.29 Å². The number of hydrogen-bond acceptors (Lipinski definition) is 6. The van der Waals surface area contributed by atoms with E-state index in [9.17, 15) is 14.4 Å². The number of aldehydes is 1. The summed E-state index contributed by atoms with van der Waals surface area (Å²) < 4.78 is 14.5. The highest BCUT2D eigenvalue weighted by Gasteiger charge is 2.14. The zero-order valence-electron chi connectivity index (χ0n) is 9.43. The lowest BCUT2D eigenvalue weighted by Crippen LogP contribution is -2.24. The van der Waals surface area contributed by atoms with Gasteiger partial charge >= 0.3 is 11.9 Å². The lowest BCUT2D eigenvalue weighted by Gasteiger charge is -2.16. The molecule has 0 aliphatic heterocycles. The van der Waals surface area contributed by atoms with Gasteiger partial charge in [-0.1, -0.05) is 0 Å². The smallest absolute Gasteiger partial charge is 0.305 e. The summed E-state index contributed by atoms with van der Waals surface area (Å²) in [5, 5.41) is 0. The van der Waals surface area contributed by atoms with Crippen molar-refractivity contribution in [2.75, 3.05) is 13.2 Å². The van der Waals surface area contributed by atoms with Crippen LogP contribution in [0.2, 0.25) is 0 Å². The van der Waals surface area contributed by atoms with Gasteiger partial charge in [0.1, 0.15) is 6.29 Å². The first-order valence-corrected chi connectivity index (χ1v) is 4.92. The summed E-state index contributed by atoms with van der Waals surface area (Å²) in [6, 6.07) is 0. The molecule has 0 fully saturated rings. The number of ether oxygens (including phenoxy) is 3. The first-order chi connectivity index (χ1) is 7.56. The van der Waals surface area contributed by atoms with E-state index in [-0.39, 0.29) is 13.0 Å². The molecule has 0 aromatic heterocycles. The van der Waals surface area contributed by atoms with Crippen molar-refractivity contribution in [3.63, 3.8) is 0 Å². The molecule has 0 amide bonds. The minimum Gasteiger partial charge on any atom is -0.425 e. The third-order valence-electron chi connectivity index (χ3n) is 1.47. The highest BCUT2D eigenvalue weighted by atomic mass is 16.7. The Morgan fingerprint density at radius 2 is 1.69 bits per heavy atom. The molecule has 92 valence electrons. The Hall–Kier alpha value is -1.43. The van der Waals surface area contributed by atoms with Gasteiger partial charge in [-0.2, -0.15) is 0 Å². The van der Waals surface area contributed by atoms with Crippen LogP contribution in [0.3, 0.4) is 0 Å². The van der Waals surface area contributed by atoms with Crippen molar-refractivity contribution in [1.29, 1.82) is 0 Å². The molecule has 0 aliphatic carbocycles. The van der Waals surface area contributed by atoms with Crippen molar-refractivity contribution >= 4 is 18.2 Å². The molecule has 0 aromatic carbocycles. The molecule has 0 radical (unpaired) electrons. The Labute approximate surface area is 93.8 Å². The van der Waals surface area contributed by atoms with Crippen molar-refractivity contribution < 1.29 is 28.6 Å². The average Bonchev–Trinajstić information content (AvgIpc) is 2.15. The van der Waals surface area contributed by atoms with Crippen molar-refractivity contribution in [3.05, 3.63) is 0 Å². The second kappa shape index (κ2) is 8.84. The van der Waals surface area contributed by atoms with Gasteiger partial charge < -0.3 is 19.0 Å². The van der Waals surface area contributed by atoms with E-state index in [0.29, 0.717) is 13.0 Å². The second-order valence-electron chi connectivity index (χ2n) is 3.00. The standard InChI is InChI=1S/C10H16O6/c1-8(12)15-10(16-9(2)13)4-7-14-6-3-5-11/h5,10H,3-4,6-7H2,1-2H3. The van der Waals surface area contributed by atoms with Crippen LogP contribution in [0, 0.1) is 0 Å². The van der Waals surface area contributed by atoms with E-state index in [2.05, 4.69) is 0 Å². The predicted molar refractivity (Wildman–Crippen MR) is 53.4 cm³/mol. The summed E-state index contributed by atoms with van der Waals surface area (Å²) in [5.41, 5.74) is 0. The fourth-order valence-electron chi connectivity index (χ4n) is 0.925. The van der Waals surface area contributed by atoms with Gasteiger partial charge in [-0.15, -0.1) is 0 Å². The highest BCUT2D eigenvalue weighted by molar-refractivity contribution is 5.68. The number of carbonyl (C=O) groups is 3. The first kappa shape index (κ1) is 14.6. The molecule has 0 bridgehead atoms. The van der Waals surface area contributed by atoms with Gasteiger partial charge in [0.25, 0.3) is 0 Å². The third-order valence-corrected chi connectivity index (χ3v) is 1.47. The number of esters is 2. The molecule has 0 aromatic rings. The van der Waals surface area contributed by atoms with Crippen molar-refractivity contribution in [2.45, 2.75) is 33.0 Å². The van der Waals surface area contributed by atoms with E-state index in [1.807, 2.05) is 0 Å². The predicted octanol–water partition coefficient (Wildman–Crippen LogP) is 0.434. The van der Waals surface area contributed by atoms with E-state index in [1.54, 1.807) is 0 Å². The lowest BCUT2D eigenvalue weighted by molar-refractivity contribution is -0.187. The lowest BCUT2D eigenvalue weighted by atomic mass is 10.4. The molecule has 0 saturated heterocycles. The van der Waals surface area contributed by atoms with Crippen LogP contribution in [0.1, 0.15) is 26.7 Å². The van der Waals surface area contributed by atoms with Gasteiger partial charge in [-0.25, -0.2) is 0 Å². The second-order valence-corrected chi connectivity index (χ2v) is 3.00. The highest BCUT2D eigenvalue weighted by Crippen LogP contribution is 2.02. The van der Waals surface area contributed by atoms with Crippen LogP contribution in [-0.4, -0.2) is 37.7 Å². The van der Waals surface area contributed by atoms with Gasteiger partial charge in [0.15, 0.2) is 0 Å². The van der Waals surface area contributed by atoms with Crippen LogP contribution in [0.15, 0.2) is 0 Å². The number of carbonyl (C=O) groups excluding carboxylic acids is 3. The molecule has 0 rings (SSSR count). The van der Waals surface area contributed by atoms with E-state index in [1.165, 1.54) is 13.8 Å². The van der Waals surface area contributed by atoms with Crippen LogP contribution in [-0.2, 0) is 28.6 Å². The molecule has 16 heavy (non-hydrogen) atoms. The maximum atomic E-state index is 10.7. The average molecular weight is 232 g/mol. The molecular formula is C10H16O6. The summed E-state index contributed by atoms with van der Waals surface area (Å²) in [5.74, 6) is -1.06. The molecule has 6 heteroatoms. The summed E-state index contributed by atoms with van der Waals surface area (Å²) >= 11 is 0. The molecule has 0 aliphatic rings. The van der Waals surface area contributed by atoms with E-state index < -0.39 is 18.2 Å². The summed E-state index contributed by atoms with van der Waals surface area (Å²) in [6.07, 6.45) is 0.380. The number of hydrogen-bond donors (Lipinski definition) is 0. The van der Waals surface area contributed by atoms with Crippen LogP contribution >= 0.6 is 0 Å². The quantitative estimate of drug-likeness (QED) is 0.261. The molecule has 0 heterocycles. The Balaban J connectivity index is 3.77. The Morgan fingerprint density at radius 3 is 2.12 bits per heavy atom. The van der Waals surface area contributed by atoms with E-state index >= 15 is 0 Å². The van der Waals surface area contributed by atoms with Gasteiger partial charge in [-0.3, -0.25) is 9.59 Å². The molecule has 0 N–H and O–H groups in total. The van der Waals surface area contributed by atoms with E-state index in [4.69, 9.17) is 14.2 Å². The minimum atomic E-state index is -0.925. The molecule has 0 atom stereocenters. The number of rotatable bonds is 8. The van der Waals surface area contributed by atoms with Crippen molar-refractivity contribution in [2.24, 2.45) is 0 Å². The van der Waals surface area contributed by atoms with Gasteiger partial charge in [0.2, 0.25) is 6.29 Å². The zero-order valence-corrected chi connectivity index (χ0v) is 9.43. The summed E-state index contributed by atoms with van der Waals surface area (Å²) in [4.78, 5) is 31.3. The molecule has 0 saturated carbocycles. The largest absolute Gasteiger partial charge is 0.425 e. The normalized spacial score (nSPS) is 9.94. The fraction of sp³-hybridized carbons (Fsp3) is 0.700. The zero-order chi connectivity index (χ0) is 12.4. The first-order valence-electron chi connectivity index (χ1n) is 4.92. The Morgan fingerprint density at radius 1 is 1.12 bits per heavy atom. The summed E-state index contributed by atoms with van der Waals surface area (Å²) in [6.45, 7) is 3.00. The molecule has 6 nitrogen and oxygen atoms in total. The third kappa shape index (κ3) is 9.14. The van der Waals surface area contributed by atoms with Gasteiger partial charge in [-0.05, 0) is 0 Å². The minimum absolute atomic E-state index is 0.248. The van der Waals surface area contributed by atoms with Crippen LogP contribution in [0.4, 0.5) is 0 Å². The maximum Gasteiger partial charge on any atom is 0.305 e. The molecule has 0 unspecified atom stereocenters. The van der Waals surface area contributed by atoms with Gasteiger partial charge in [0, 0.05) is 26.7 Å². The van der Waals surface area contributed by atoms with Crippen molar-refractivity contribution in [1.82, 2.24) is 0 Å². The fourth-order valence-corrected chi connectivity index (χ4v) is 0.925. The molecular weight excluding hydrogens is 216 g/mol. The van der Waals surface area contributed by atoms with Crippen LogP contribution in [0.5, 0.6) is 0 Å². The maximum absolute atomic E-state index is 10.7. The van der Waals surface area contributed by atoms with Crippen LogP contribution in [0.25, 0.3) is 0 Å². The topological polar surface area (TPSA) is 78.9 Å². The molecule has 0 spiro atoms. The Kier molecular flexibility index (Phi) is 8.05. The monoisotopic (exact) mass is 232 g/mol. The van der Waals surface area contributed by atoms with Crippen molar-refractivity contribution in [3.8, 4) is 0 Å². The van der Waals surface area contributed by atoms with Gasteiger partial charge in [0.05, 0.1) is 13.2 Å². The summed E-state index contributed by atoms with van der Waals surface area (Å²) in [7, 11) is 0. The Bertz CT molecular complexity index is 221. The van der Waals surface area contributed by atoms with Crippen LogP contribution < -0.4 is 0 Å². The SMILES string of the molecule is CC(=O)OC(CCOCCC=O)OC(C)=O.